The lowest BCUT2D eigenvalue weighted by atomic mass is 10.2. The Bertz CT molecular complexity index is 625. The number of carbonyl (C=O) groups excluding carboxylic acids is 1. The highest BCUT2D eigenvalue weighted by molar-refractivity contribution is 5.99. The van der Waals surface area contributed by atoms with Gasteiger partial charge in [0.1, 0.15) is 12.0 Å². The number of aromatic nitrogens is 3. The summed E-state index contributed by atoms with van der Waals surface area (Å²) in [7, 11) is 1.58. The third-order valence-electron chi connectivity index (χ3n) is 2.56. The van der Waals surface area contributed by atoms with Crippen LogP contribution in [0.25, 0.3) is 0 Å². The Hall–Kier alpha value is -2.97. The summed E-state index contributed by atoms with van der Waals surface area (Å²) in [5, 5.41) is 16.1. The monoisotopic (exact) mass is 276 g/mol. The molecule has 9 heteroatoms. The molecule has 20 heavy (non-hydrogen) atoms. The second-order valence-electron chi connectivity index (χ2n) is 3.86. The Morgan fingerprint density at radius 2 is 2.30 bits per heavy atom. The predicted octanol–water partition coefficient (Wildman–Crippen LogP) is 0.685. The number of hydrogen-bond acceptors (Lipinski definition) is 6. The second kappa shape index (κ2) is 5.78. The fourth-order valence-corrected chi connectivity index (χ4v) is 1.58. The molecule has 2 aromatic heterocycles. The van der Waals surface area contributed by atoms with E-state index in [4.69, 9.17) is 0 Å². The minimum atomic E-state index is -0.599. The largest absolute Gasteiger partial charge is 0.372 e. The van der Waals surface area contributed by atoms with Crippen molar-refractivity contribution in [3.8, 4) is 0 Å². The first kappa shape index (κ1) is 13.5. The summed E-state index contributed by atoms with van der Waals surface area (Å²) in [5.41, 5.74) is 0.597. The Morgan fingerprint density at radius 1 is 1.50 bits per heavy atom. The van der Waals surface area contributed by atoms with Crippen molar-refractivity contribution in [2.75, 3.05) is 12.4 Å². The highest BCUT2D eigenvalue weighted by Crippen LogP contribution is 2.18. The van der Waals surface area contributed by atoms with Crippen molar-refractivity contribution in [3.63, 3.8) is 0 Å². The minimum Gasteiger partial charge on any atom is -0.372 e. The molecular formula is C11H12N6O3. The molecule has 2 rings (SSSR count). The van der Waals surface area contributed by atoms with Crippen LogP contribution in [0, 0.1) is 10.1 Å². The maximum atomic E-state index is 12.0. The van der Waals surface area contributed by atoms with Gasteiger partial charge in [-0.2, -0.15) is 0 Å². The molecule has 104 valence electrons. The number of aromatic amines is 1. The van der Waals surface area contributed by atoms with Crippen LogP contribution in [0.3, 0.4) is 0 Å². The average molecular weight is 276 g/mol. The zero-order valence-corrected chi connectivity index (χ0v) is 10.6. The van der Waals surface area contributed by atoms with Crippen LogP contribution in [0.2, 0.25) is 0 Å². The Balaban J connectivity index is 2.18. The number of pyridine rings is 1. The number of anilines is 1. The van der Waals surface area contributed by atoms with Gasteiger partial charge in [-0.05, 0) is 0 Å². The van der Waals surface area contributed by atoms with E-state index in [0.717, 1.165) is 11.9 Å². The maximum absolute atomic E-state index is 12.0. The summed E-state index contributed by atoms with van der Waals surface area (Å²) < 4.78 is 0. The quantitative estimate of drug-likeness (QED) is 0.544. The molecule has 3 N–H and O–H groups in total. The van der Waals surface area contributed by atoms with Gasteiger partial charge in [0.2, 0.25) is 0 Å². The Morgan fingerprint density at radius 3 is 2.90 bits per heavy atom. The SMILES string of the molecule is CNc1ncc([N+](=O)[O-])cc1C(=O)NCc1cnc[nH]1. The fraction of sp³-hybridized carbons (Fsp3) is 0.182. The first-order valence-corrected chi connectivity index (χ1v) is 5.69. The molecule has 9 nitrogen and oxygen atoms in total. The van der Waals surface area contributed by atoms with Gasteiger partial charge in [0.05, 0.1) is 29.1 Å². The molecule has 0 saturated carbocycles. The van der Waals surface area contributed by atoms with Gasteiger partial charge < -0.3 is 15.6 Å². The zero-order valence-electron chi connectivity index (χ0n) is 10.6. The van der Waals surface area contributed by atoms with Crippen molar-refractivity contribution in [3.05, 3.63) is 46.2 Å². The summed E-state index contributed by atoms with van der Waals surface area (Å²) in [6.07, 6.45) is 4.16. The number of rotatable bonds is 5. The van der Waals surface area contributed by atoms with Crippen LogP contribution in [-0.4, -0.2) is 32.8 Å². The summed E-state index contributed by atoms with van der Waals surface area (Å²) >= 11 is 0. The summed E-state index contributed by atoms with van der Waals surface area (Å²) in [5.74, 6) is -0.183. The van der Waals surface area contributed by atoms with Gasteiger partial charge in [-0.25, -0.2) is 9.97 Å². The molecule has 0 unspecified atom stereocenters. The number of carbonyl (C=O) groups is 1. The summed E-state index contributed by atoms with van der Waals surface area (Å²) in [6, 6.07) is 1.18. The van der Waals surface area contributed by atoms with Gasteiger partial charge in [-0.3, -0.25) is 14.9 Å². The van der Waals surface area contributed by atoms with E-state index < -0.39 is 10.8 Å². The van der Waals surface area contributed by atoms with E-state index in [1.807, 2.05) is 0 Å². The van der Waals surface area contributed by atoms with E-state index in [0.29, 0.717) is 0 Å². The number of nitrogens with zero attached hydrogens (tertiary/aromatic N) is 3. The normalized spacial score (nSPS) is 10.1. The van der Waals surface area contributed by atoms with Crippen LogP contribution < -0.4 is 10.6 Å². The van der Waals surface area contributed by atoms with Crippen molar-refractivity contribution in [2.45, 2.75) is 6.54 Å². The molecular weight excluding hydrogens is 264 g/mol. The number of amides is 1. The highest BCUT2D eigenvalue weighted by Gasteiger charge is 2.17. The first-order chi connectivity index (χ1) is 9.61. The molecule has 0 radical (unpaired) electrons. The molecule has 0 bridgehead atoms. The first-order valence-electron chi connectivity index (χ1n) is 5.69. The fourth-order valence-electron chi connectivity index (χ4n) is 1.58. The third kappa shape index (κ3) is 2.88. The van der Waals surface area contributed by atoms with E-state index in [1.165, 1.54) is 12.4 Å². The van der Waals surface area contributed by atoms with Crippen LogP contribution in [-0.2, 0) is 6.54 Å². The van der Waals surface area contributed by atoms with E-state index in [1.54, 1.807) is 13.2 Å². The van der Waals surface area contributed by atoms with Crippen molar-refractivity contribution < 1.29 is 9.72 Å². The second-order valence-corrected chi connectivity index (χ2v) is 3.86. The molecule has 1 amide bonds. The summed E-state index contributed by atoms with van der Waals surface area (Å²) in [6.45, 7) is 0.241. The predicted molar refractivity (Wildman–Crippen MR) is 70.2 cm³/mol. The van der Waals surface area contributed by atoms with Crippen molar-refractivity contribution in [1.82, 2.24) is 20.3 Å². The van der Waals surface area contributed by atoms with Crippen molar-refractivity contribution in [2.24, 2.45) is 0 Å². The molecule has 2 aromatic rings. The highest BCUT2D eigenvalue weighted by atomic mass is 16.6. The van der Waals surface area contributed by atoms with Gasteiger partial charge in [0.15, 0.2) is 0 Å². The van der Waals surface area contributed by atoms with Gasteiger partial charge in [-0.15, -0.1) is 0 Å². The van der Waals surface area contributed by atoms with E-state index in [2.05, 4.69) is 25.6 Å². The molecule has 0 fully saturated rings. The topological polar surface area (TPSA) is 126 Å². The summed E-state index contributed by atoms with van der Waals surface area (Å²) in [4.78, 5) is 32.7. The minimum absolute atomic E-state index is 0.112. The van der Waals surface area contributed by atoms with Crippen LogP contribution in [0.15, 0.2) is 24.8 Å². The number of nitrogens with one attached hydrogen (secondary N) is 3. The van der Waals surface area contributed by atoms with Gasteiger partial charge in [0, 0.05) is 19.3 Å². The average Bonchev–Trinajstić information content (AvgIpc) is 2.97. The lowest BCUT2D eigenvalue weighted by Gasteiger charge is -2.08. The van der Waals surface area contributed by atoms with Crippen LogP contribution in [0.4, 0.5) is 11.5 Å². The number of nitro groups is 1. The zero-order chi connectivity index (χ0) is 14.5. The molecule has 0 aliphatic carbocycles. The number of hydrogen-bond donors (Lipinski definition) is 3. The Kier molecular flexibility index (Phi) is 3.89. The third-order valence-corrected chi connectivity index (χ3v) is 2.56. The standard InChI is InChI=1S/C11H12N6O3/c1-12-10-9(2-8(5-14-10)17(19)20)11(18)15-4-7-3-13-6-16-7/h2-3,5-6H,4H2,1H3,(H,12,14)(H,13,16)(H,15,18). The smallest absolute Gasteiger partial charge is 0.288 e. The number of H-pyrrole nitrogens is 1. The molecule has 0 aliphatic rings. The molecule has 0 aliphatic heterocycles. The van der Waals surface area contributed by atoms with Crippen molar-refractivity contribution in [1.29, 1.82) is 0 Å². The van der Waals surface area contributed by atoms with E-state index >= 15 is 0 Å². The number of imidazole rings is 1. The van der Waals surface area contributed by atoms with Crippen LogP contribution >= 0.6 is 0 Å². The van der Waals surface area contributed by atoms with Crippen LogP contribution in [0.5, 0.6) is 0 Å². The van der Waals surface area contributed by atoms with Gasteiger partial charge in [0.25, 0.3) is 11.6 Å². The molecule has 2 heterocycles. The maximum Gasteiger partial charge on any atom is 0.288 e. The van der Waals surface area contributed by atoms with Crippen LogP contribution in [0.1, 0.15) is 16.1 Å². The van der Waals surface area contributed by atoms with Gasteiger partial charge in [-0.1, -0.05) is 0 Å². The lowest BCUT2D eigenvalue weighted by Crippen LogP contribution is -2.24. The van der Waals surface area contributed by atoms with E-state index in [-0.39, 0.29) is 23.6 Å². The van der Waals surface area contributed by atoms with Crippen molar-refractivity contribution >= 4 is 17.4 Å². The van der Waals surface area contributed by atoms with E-state index in [9.17, 15) is 14.9 Å². The molecule has 0 aromatic carbocycles. The Labute approximate surface area is 113 Å². The molecule has 0 saturated heterocycles. The van der Waals surface area contributed by atoms with Gasteiger partial charge >= 0.3 is 0 Å². The molecule has 0 spiro atoms. The molecule has 0 atom stereocenters. The lowest BCUT2D eigenvalue weighted by molar-refractivity contribution is -0.385.